The summed E-state index contributed by atoms with van der Waals surface area (Å²) in [6.45, 7) is 1.50. The summed E-state index contributed by atoms with van der Waals surface area (Å²) in [7, 11) is 0. The van der Waals surface area contributed by atoms with Gasteiger partial charge < -0.3 is 20.1 Å². The van der Waals surface area contributed by atoms with Crippen molar-refractivity contribution in [2.24, 2.45) is 5.92 Å². The number of ether oxygens (including phenoxy) is 1. The fourth-order valence-electron chi connectivity index (χ4n) is 3.13. The van der Waals surface area contributed by atoms with Gasteiger partial charge in [0, 0.05) is 17.4 Å². The van der Waals surface area contributed by atoms with Crippen molar-refractivity contribution >= 4 is 23.2 Å². The number of aliphatic hydroxyl groups is 3. The Morgan fingerprint density at radius 1 is 1.08 bits per heavy atom. The molecular formula is C18H20Cl2N2O4. The zero-order valence-electron chi connectivity index (χ0n) is 14.1. The molecule has 1 aromatic heterocycles. The molecule has 0 spiro atoms. The number of nitrogens with zero attached hydrogens (tertiary/aromatic N) is 2. The van der Waals surface area contributed by atoms with Crippen LogP contribution in [0.25, 0.3) is 0 Å². The quantitative estimate of drug-likeness (QED) is 0.730. The second-order valence-corrected chi connectivity index (χ2v) is 7.29. The number of hydrogen-bond acceptors (Lipinski definition) is 6. The van der Waals surface area contributed by atoms with E-state index in [-0.39, 0.29) is 12.5 Å². The maximum Gasteiger partial charge on any atom is 0.151 e. The lowest BCUT2D eigenvalue weighted by molar-refractivity contribution is -0.207. The Morgan fingerprint density at radius 2 is 1.85 bits per heavy atom. The van der Waals surface area contributed by atoms with Gasteiger partial charge >= 0.3 is 0 Å². The van der Waals surface area contributed by atoms with E-state index in [2.05, 4.69) is 10.2 Å². The molecule has 3 N–H and O–H groups in total. The minimum atomic E-state index is -1.10. The monoisotopic (exact) mass is 398 g/mol. The van der Waals surface area contributed by atoms with Gasteiger partial charge in [-0.25, -0.2) is 0 Å². The maximum atomic E-state index is 10.4. The van der Waals surface area contributed by atoms with E-state index < -0.39 is 24.4 Å². The van der Waals surface area contributed by atoms with Crippen molar-refractivity contribution in [3.05, 3.63) is 57.3 Å². The lowest BCUT2D eigenvalue weighted by Crippen LogP contribution is -2.50. The lowest BCUT2D eigenvalue weighted by atomic mass is 9.85. The summed E-state index contributed by atoms with van der Waals surface area (Å²) in [5.74, 6) is -0.373. The van der Waals surface area contributed by atoms with Gasteiger partial charge in [0.05, 0.1) is 24.5 Å². The van der Waals surface area contributed by atoms with Crippen LogP contribution in [0.1, 0.15) is 29.8 Å². The molecule has 140 valence electrons. The van der Waals surface area contributed by atoms with Gasteiger partial charge in [0.15, 0.2) is 5.15 Å². The molecule has 8 heteroatoms. The fraction of sp³-hybridized carbons (Fsp3) is 0.444. The average molecular weight is 399 g/mol. The number of rotatable bonds is 4. The summed E-state index contributed by atoms with van der Waals surface area (Å²) in [4.78, 5) is 0. The highest BCUT2D eigenvalue weighted by Gasteiger charge is 2.42. The first-order valence-electron chi connectivity index (χ1n) is 8.29. The van der Waals surface area contributed by atoms with Crippen molar-refractivity contribution in [1.82, 2.24) is 10.2 Å². The predicted octanol–water partition coefficient (Wildman–Crippen LogP) is 2.16. The molecule has 26 heavy (non-hydrogen) atoms. The molecule has 3 rings (SSSR count). The first-order chi connectivity index (χ1) is 12.4. The molecule has 2 aromatic rings. The number of benzene rings is 1. The molecule has 0 bridgehead atoms. The highest BCUT2D eigenvalue weighted by Crippen LogP contribution is 2.36. The van der Waals surface area contributed by atoms with Crippen LogP contribution in [0.2, 0.25) is 10.2 Å². The van der Waals surface area contributed by atoms with Crippen LogP contribution in [-0.2, 0) is 11.2 Å². The number of aliphatic hydroxyl groups excluding tert-OH is 3. The third kappa shape index (κ3) is 4.01. The van der Waals surface area contributed by atoms with Crippen molar-refractivity contribution in [2.45, 2.75) is 37.8 Å². The van der Waals surface area contributed by atoms with Gasteiger partial charge in [-0.3, -0.25) is 0 Å². The summed E-state index contributed by atoms with van der Waals surface area (Å²) < 4.78 is 5.83. The standard InChI is InChI=1S/C18H20Cl2N2O4/c1-9-14(8-23)26-18(17(25)16(9)24)10-2-4-13(19)11(6-10)7-12-3-5-15(20)22-21-12/h2-6,9,14,16-18,23-25H,7-8H2,1H3/t9-,14-,16+,17-,18+/m1/s1. The molecule has 1 aliphatic heterocycles. The van der Waals surface area contributed by atoms with E-state index in [1.807, 2.05) is 6.07 Å². The zero-order valence-corrected chi connectivity index (χ0v) is 15.6. The molecule has 6 nitrogen and oxygen atoms in total. The minimum absolute atomic E-state index is 0.234. The summed E-state index contributed by atoms with van der Waals surface area (Å²) >= 11 is 12.0. The smallest absolute Gasteiger partial charge is 0.151 e. The van der Waals surface area contributed by atoms with Crippen molar-refractivity contribution in [1.29, 1.82) is 0 Å². The largest absolute Gasteiger partial charge is 0.394 e. The number of aromatic nitrogens is 2. The molecule has 2 heterocycles. The zero-order chi connectivity index (χ0) is 18.8. The summed E-state index contributed by atoms with van der Waals surface area (Å²) in [5.41, 5.74) is 2.15. The molecular weight excluding hydrogens is 379 g/mol. The highest BCUT2D eigenvalue weighted by atomic mass is 35.5. The van der Waals surface area contributed by atoms with Gasteiger partial charge in [-0.2, -0.15) is 5.10 Å². The van der Waals surface area contributed by atoms with E-state index in [9.17, 15) is 15.3 Å². The summed E-state index contributed by atoms with van der Waals surface area (Å²) in [6.07, 6.45) is -2.98. The van der Waals surface area contributed by atoms with E-state index in [4.69, 9.17) is 27.9 Å². The molecule has 1 saturated heterocycles. The molecule has 1 aliphatic rings. The Labute approximate surface area is 161 Å². The van der Waals surface area contributed by atoms with Gasteiger partial charge in [-0.1, -0.05) is 42.3 Å². The van der Waals surface area contributed by atoms with Crippen LogP contribution in [0.4, 0.5) is 0 Å². The Hall–Kier alpha value is -1.28. The average Bonchev–Trinajstić information content (AvgIpc) is 2.64. The van der Waals surface area contributed by atoms with Crippen LogP contribution in [0.3, 0.4) is 0 Å². The van der Waals surface area contributed by atoms with Gasteiger partial charge in [-0.15, -0.1) is 5.10 Å². The molecule has 1 aromatic carbocycles. The molecule has 0 aliphatic carbocycles. The number of halogens is 2. The van der Waals surface area contributed by atoms with E-state index in [0.717, 1.165) is 5.56 Å². The Balaban J connectivity index is 1.87. The van der Waals surface area contributed by atoms with Crippen molar-refractivity contribution in [3.8, 4) is 0 Å². The SMILES string of the molecule is C[C@H]1[C@H](O)[C@@H](O)[C@H](c2ccc(Cl)c(Cc3ccc(Cl)nn3)c2)O[C@@H]1CO. The summed E-state index contributed by atoms with van der Waals surface area (Å²) in [6, 6.07) is 8.68. The molecule has 1 fully saturated rings. The minimum Gasteiger partial charge on any atom is -0.394 e. The van der Waals surface area contributed by atoms with Crippen molar-refractivity contribution in [3.63, 3.8) is 0 Å². The third-order valence-corrected chi connectivity index (χ3v) is 5.31. The fourth-order valence-corrected chi connectivity index (χ4v) is 3.41. The van der Waals surface area contributed by atoms with E-state index in [0.29, 0.717) is 27.9 Å². The number of hydrogen-bond donors (Lipinski definition) is 3. The summed E-state index contributed by atoms with van der Waals surface area (Å²) in [5, 5.41) is 38.9. The second kappa shape index (κ2) is 8.17. The van der Waals surface area contributed by atoms with Gasteiger partial charge in [0.25, 0.3) is 0 Å². The Morgan fingerprint density at radius 3 is 2.50 bits per heavy atom. The Kier molecular flexibility index (Phi) is 6.12. The maximum absolute atomic E-state index is 10.4. The van der Waals surface area contributed by atoms with Crippen molar-refractivity contribution in [2.75, 3.05) is 6.61 Å². The second-order valence-electron chi connectivity index (χ2n) is 6.49. The topological polar surface area (TPSA) is 95.7 Å². The molecule has 0 unspecified atom stereocenters. The van der Waals surface area contributed by atoms with Crippen LogP contribution >= 0.6 is 23.2 Å². The van der Waals surface area contributed by atoms with E-state index in [1.54, 1.807) is 31.2 Å². The van der Waals surface area contributed by atoms with Crippen molar-refractivity contribution < 1.29 is 20.1 Å². The lowest BCUT2D eigenvalue weighted by Gasteiger charge is -2.41. The van der Waals surface area contributed by atoms with Crippen LogP contribution in [-0.4, -0.2) is 50.4 Å². The Bertz CT molecular complexity index is 757. The first-order valence-corrected chi connectivity index (χ1v) is 9.05. The normalized spacial score (nSPS) is 28.9. The predicted molar refractivity (Wildman–Crippen MR) is 97.2 cm³/mol. The first kappa shape index (κ1) is 19.5. The van der Waals surface area contributed by atoms with Crippen LogP contribution < -0.4 is 0 Å². The van der Waals surface area contributed by atoms with Gasteiger partial charge in [0.1, 0.15) is 12.2 Å². The molecule has 0 saturated carbocycles. The van der Waals surface area contributed by atoms with Gasteiger partial charge in [-0.05, 0) is 29.3 Å². The molecule has 0 amide bonds. The molecule has 0 radical (unpaired) electrons. The van der Waals surface area contributed by atoms with E-state index in [1.165, 1.54) is 0 Å². The van der Waals surface area contributed by atoms with E-state index >= 15 is 0 Å². The third-order valence-electron chi connectivity index (χ3n) is 4.74. The van der Waals surface area contributed by atoms with Crippen LogP contribution in [0.5, 0.6) is 0 Å². The highest BCUT2D eigenvalue weighted by molar-refractivity contribution is 6.31. The van der Waals surface area contributed by atoms with Crippen LogP contribution in [0.15, 0.2) is 30.3 Å². The van der Waals surface area contributed by atoms with Gasteiger partial charge in [0.2, 0.25) is 0 Å². The van der Waals surface area contributed by atoms with Crippen LogP contribution in [0, 0.1) is 5.92 Å². The molecule has 5 atom stereocenters.